The minimum absolute atomic E-state index is 0.0993. The fourth-order valence-electron chi connectivity index (χ4n) is 3.20. The molecular weight excluding hydrogens is 377 g/mol. The van der Waals surface area contributed by atoms with E-state index in [2.05, 4.69) is 5.32 Å². The van der Waals surface area contributed by atoms with E-state index >= 15 is 0 Å². The smallest absolute Gasteiger partial charge is 0.255 e. The van der Waals surface area contributed by atoms with Gasteiger partial charge in [0.15, 0.2) is 0 Å². The largest absolute Gasteiger partial charge is 0.507 e. The molecule has 0 radical (unpaired) electrons. The molecule has 0 spiro atoms. The lowest BCUT2D eigenvalue weighted by Crippen LogP contribution is -2.52. The van der Waals surface area contributed by atoms with Crippen LogP contribution in [0.4, 0.5) is 4.39 Å². The number of amides is 3. The molecule has 0 atom stereocenters. The second-order valence-electron chi connectivity index (χ2n) is 6.66. The van der Waals surface area contributed by atoms with Crippen LogP contribution in [0.3, 0.4) is 0 Å². The Morgan fingerprint density at radius 1 is 0.897 bits per heavy atom. The van der Waals surface area contributed by atoms with E-state index in [1.54, 1.807) is 46.2 Å². The molecule has 1 aliphatic rings. The summed E-state index contributed by atoms with van der Waals surface area (Å²) in [5, 5.41) is 12.2. The number of carbonyl (C=O) groups is 3. The molecule has 3 rings (SSSR count). The maximum atomic E-state index is 13.1. The predicted octanol–water partition coefficient (Wildman–Crippen LogP) is 1.58. The van der Waals surface area contributed by atoms with Crippen molar-refractivity contribution in [2.75, 3.05) is 32.7 Å². The molecule has 2 aromatic carbocycles. The Hall–Kier alpha value is -3.42. The fraction of sp³-hybridized carbons (Fsp3) is 0.286. The third kappa shape index (κ3) is 4.71. The van der Waals surface area contributed by atoms with Gasteiger partial charge in [-0.15, -0.1) is 0 Å². The van der Waals surface area contributed by atoms with E-state index in [0.29, 0.717) is 37.3 Å². The number of hydrogen-bond donors (Lipinski definition) is 2. The van der Waals surface area contributed by atoms with Crippen LogP contribution in [-0.2, 0) is 11.5 Å². The summed E-state index contributed by atoms with van der Waals surface area (Å²) in [5.41, 5.74) is 0.787. The molecule has 0 aliphatic carbocycles. The van der Waals surface area contributed by atoms with E-state index in [4.69, 9.17) is 0 Å². The quantitative estimate of drug-likeness (QED) is 0.799. The van der Waals surface area contributed by atoms with E-state index in [0.717, 1.165) is 0 Å². The zero-order chi connectivity index (χ0) is 20.8. The molecule has 0 aromatic heterocycles. The maximum Gasteiger partial charge on any atom is 0.255 e. The second-order valence-corrected chi connectivity index (χ2v) is 6.66. The van der Waals surface area contributed by atoms with Crippen molar-refractivity contribution < 1.29 is 23.9 Å². The first-order valence-corrected chi connectivity index (χ1v) is 9.28. The Bertz CT molecular complexity index is 910. The minimum atomic E-state index is -0.711. The van der Waals surface area contributed by atoms with Crippen LogP contribution >= 0.6 is 0 Å². The molecule has 3 amide bonds. The summed E-state index contributed by atoms with van der Waals surface area (Å²) in [6.45, 7) is 0.406. The Kier molecular flexibility index (Phi) is 6.43. The molecule has 0 bridgehead atoms. The standard InChI is InChI=1S/C21H22FN3O4/c22-13-15-5-1-2-6-16(15)21(29)25-11-9-24(10-12-25)19(27)14-23-20(28)17-7-3-4-8-18(17)26/h1-8,26H,9-14H2,(H,23,28). The van der Waals surface area contributed by atoms with Gasteiger partial charge < -0.3 is 20.2 Å². The molecule has 1 fully saturated rings. The van der Waals surface area contributed by atoms with Gasteiger partial charge in [-0.3, -0.25) is 14.4 Å². The van der Waals surface area contributed by atoms with Crippen molar-refractivity contribution in [1.29, 1.82) is 0 Å². The first-order valence-electron chi connectivity index (χ1n) is 9.28. The van der Waals surface area contributed by atoms with Crippen LogP contribution in [0.15, 0.2) is 48.5 Å². The number of para-hydroxylation sites is 1. The number of piperazine rings is 1. The Balaban J connectivity index is 1.51. The summed E-state index contributed by atoms with van der Waals surface area (Å²) in [5.74, 6) is -1.21. The van der Waals surface area contributed by atoms with Crippen molar-refractivity contribution in [2.24, 2.45) is 0 Å². The number of nitrogens with zero attached hydrogens (tertiary/aromatic N) is 2. The first kappa shape index (κ1) is 20.3. The number of hydrogen-bond acceptors (Lipinski definition) is 4. The number of phenols is 1. The van der Waals surface area contributed by atoms with E-state index in [1.165, 1.54) is 12.1 Å². The van der Waals surface area contributed by atoms with Gasteiger partial charge in [-0.2, -0.15) is 0 Å². The summed E-state index contributed by atoms with van der Waals surface area (Å²) in [7, 11) is 0. The second kappa shape index (κ2) is 9.18. The summed E-state index contributed by atoms with van der Waals surface area (Å²) in [6, 6.07) is 12.6. The van der Waals surface area contributed by atoms with Crippen molar-refractivity contribution in [1.82, 2.24) is 15.1 Å². The average molecular weight is 399 g/mol. The van der Waals surface area contributed by atoms with Crippen molar-refractivity contribution >= 4 is 17.7 Å². The molecule has 0 saturated carbocycles. The number of benzene rings is 2. The van der Waals surface area contributed by atoms with E-state index in [-0.39, 0.29) is 29.7 Å². The monoisotopic (exact) mass is 399 g/mol. The Labute approximate surface area is 167 Å². The lowest BCUT2D eigenvalue weighted by Gasteiger charge is -2.35. The molecular formula is C21H22FN3O4. The van der Waals surface area contributed by atoms with Crippen LogP contribution in [0.25, 0.3) is 0 Å². The SMILES string of the molecule is O=C(NCC(=O)N1CCN(C(=O)c2ccccc2CF)CC1)c1ccccc1O. The topological polar surface area (TPSA) is 90.0 Å². The summed E-state index contributed by atoms with van der Waals surface area (Å²) in [6.07, 6.45) is 0. The van der Waals surface area contributed by atoms with Gasteiger partial charge in [0.05, 0.1) is 12.1 Å². The van der Waals surface area contributed by atoms with E-state index < -0.39 is 12.6 Å². The van der Waals surface area contributed by atoms with E-state index in [9.17, 15) is 23.9 Å². The first-order chi connectivity index (χ1) is 14.0. The van der Waals surface area contributed by atoms with Crippen LogP contribution in [0.1, 0.15) is 26.3 Å². The predicted molar refractivity (Wildman–Crippen MR) is 104 cm³/mol. The number of phenolic OH excluding ortho intramolecular Hbond substituents is 1. The van der Waals surface area contributed by atoms with Crippen LogP contribution in [0, 0.1) is 0 Å². The highest BCUT2D eigenvalue weighted by Crippen LogP contribution is 2.16. The molecule has 8 heteroatoms. The molecule has 2 aromatic rings. The third-order valence-corrected chi connectivity index (χ3v) is 4.86. The van der Waals surface area contributed by atoms with E-state index in [1.807, 2.05) is 0 Å². The van der Waals surface area contributed by atoms with Gasteiger partial charge in [0.25, 0.3) is 11.8 Å². The molecule has 152 valence electrons. The Morgan fingerprint density at radius 3 is 2.14 bits per heavy atom. The fourth-order valence-corrected chi connectivity index (χ4v) is 3.20. The highest BCUT2D eigenvalue weighted by molar-refractivity contribution is 5.98. The molecule has 2 N–H and O–H groups in total. The Morgan fingerprint density at radius 2 is 1.48 bits per heavy atom. The number of aromatic hydroxyl groups is 1. The molecule has 7 nitrogen and oxygen atoms in total. The summed E-state index contributed by atoms with van der Waals surface area (Å²) < 4.78 is 13.1. The maximum absolute atomic E-state index is 13.1. The lowest BCUT2D eigenvalue weighted by molar-refractivity contribution is -0.131. The van der Waals surface area contributed by atoms with Gasteiger partial charge >= 0.3 is 0 Å². The molecule has 0 unspecified atom stereocenters. The number of halogens is 1. The van der Waals surface area contributed by atoms with Crippen LogP contribution in [0.2, 0.25) is 0 Å². The summed E-state index contributed by atoms with van der Waals surface area (Å²) in [4.78, 5) is 40.2. The van der Waals surface area contributed by atoms with Crippen molar-refractivity contribution in [2.45, 2.75) is 6.67 Å². The number of carbonyl (C=O) groups excluding carboxylic acids is 3. The molecule has 1 saturated heterocycles. The normalized spacial score (nSPS) is 13.8. The van der Waals surface area contributed by atoms with Crippen LogP contribution in [0.5, 0.6) is 5.75 Å². The van der Waals surface area contributed by atoms with Gasteiger partial charge in [-0.25, -0.2) is 4.39 Å². The van der Waals surface area contributed by atoms with Gasteiger partial charge in [-0.1, -0.05) is 30.3 Å². The van der Waals surface area contributed by atoms with Crippen molar-refractivity contribution in [3.05, 3.63) is 65.2 Å². The molecule has 1 aliphatic heterocycles. The zero-order valence-electron chi connectivity index (χ0n) is 15.8. The average Bonchev–Trinajstić information content (AvgIpc) is 2.77. The highest BCUT2D eigenvalue weighted by atomic mass is 19.1. The lowest BCUT2D eigenvalue weighted by atomic mass is 10.1. The highest BCUT2D eigenvalue weighted by Gasteiger charge is 2.26. The van der Waals surface area contributed by atoms with Gasteiger partial charge in [0.1, 0.15) is 12.4 Å². The summed E-state index contributed by atoms with van der Waals surface area (Å²) >= 11 is 0. The van der Waals surface area contributed by atoms with Crippen molar-refractivity contribution in [3.63, 3.8) is 0 Å². The number of nitrogens with one attached hydrogen (secondary N) is 1. The van der Waals surface area contributed by atoms with Crippen LogP contribution in [-0.4, -0.2) is 65.4 Å². The van der Waals surface area contributed by atoms with Crippen LogP contribution < -0.4 is 5.32 Å². The number of alkyl halides is 1. The molecule has 1 heterocycles. The number of rotatable bonds is 5. The third-order valence-electron chi connectivity index (χ3n) is 4.86. The van der Waals surface area contributed by atoms with Gasteiger partial charge in [0, 0.05) is 31.7 Å². The zero-order valence-corrected chi connectivity index (χ0v) is 15.8. The van der Waals surface area contributed by atoms with Crippen molar-refractivity contribution in [3.8, 4) is 5.75 Å². The van der Waals surface area contributed by atoms with Gasteiger partial charge in [0.2, 0.25) is 5.91 Å². The van der Waals surface area contributed by atoms with Gasteiger partial charge in [-0.05, 0) is 23.8 Å². The molecule has 29 heavy (non-hydrogen) atoms. The minimum Gasteiger partial charge on any atom is -0.507 e.